The number of aliphatic carboxylic acids is 1. The first-order valence-electron chi connectivity index (χ1n) is 22.5. The van der Waals surface area contributed by atoms with Gasteiger partial charge in [-0.15, -0.1) is 0 Å². The van der Waals surface area contributed by atoms with E-state index in [0.29, 0.717) is 11.1 Å². The van der Waals surface area contributed by atoms with E-state index in [-0.39, 0.29) is 25.0 Å². The van der Waals surface area contributed by atoms with Gasteiger partial charge in [-0.25, -0.2) is 4.79 Å². The van der Waals surface area contributed by atoms with Gasteiger partial charge in [-0.2, -0.15) is 0 Å². The van der Waals surface area contributed by atoms with Gasteiger partial charge in [0, 0.05) is 19.3 Å². The average molecular weight is 1020 g/mol. The Morgan fingerprint density at radius 1 is 0.542 bits per heavy atom. The lowest BCUT2D eigenvalue weighted by Gasteiger charge is -2.30. The van der Waals surface area contributed by atoms with Crippen molar-refractivity contribution < 1.29 is 78.3 Å². The predicted molar refractivity (Wildman–Crippen MR) is 252 cm³/mol. The molecule has 396 valence electrons. The van der Waals surface area contributed by atoms with Crippen LogP contribution < -0.4 is 59.7 Å². The Balaban J connectivity index is 2.24. The fraction of sp³-hybridized carbons (Fsp3) is 0.489. The van der Waals surface area contributed by atoms with Crippen molar-refractivity contribution in [1.29, 1.82) is 0 Å². The molecule has 0 aromatic heterocycles. The summed E-state index contributed by atoms with van der Waals surface area (Å²) in [5.41, 5.74) is 16.8. The summed E-state index contributed by atoms with van der Waals surface area (Å²) in [5, 5.41) is 69.1. The Morgan fingerprint density at radius 3 is 1.53 bits per heavy atom. The Hall–Kier alpha value is -7.75. The quantitative estimate of drug-likeness (QED) is 0.0346. The molecule has 0 aliphatic heterocycles. The SMILES string of the molecule is CC(C)[C@H](NC(=O)[C@@H](NC(=O)[C@H](CO)NC(=O)[C@H](Cc1ccc(O)cc1)NC(=O)CNC(=O)[C@H](CCC(N)=O)NC(=O)[C@@H](N)CC(N)=O)[C@@H](C)O)C(=O)N[C@H](C(=O)N[C@@H](Cc1ccccc1)C(=O)O)[C@@H](C)O. The van der Waals surface area contributed by atoms with Crippen LogP contribution in [-0.4, -0.2) is 164 Å². The van der Waals surface area contributed by atoms with Gasteiger partial charge in [-0.3, -0.25) is 47.9 Å². The third-order valence-corrected chi connectivity index (χ3v) is 10.6. The molecule has 0 saturated carbocycles. The number of carbonyl (C=O) groups is 11. The molecule has 0 heterocycles. The normalized spacial score (nSPS) is 15.2. The zero-order valence-corrected chi connectivity index (χ0v) is 40.0. The van der Waals surface area contributed by atoms with Crippen molar-refractivity contribution in [3.05, 3.63) is 65.7 Å². The molecular weight excluding hydrogens is 951 g/mol. The van der Waals surface area contributed by atoms with E-state index in [1.54, 1.807) is 30.3 Å². The summed E-state index contributed by atoms with van der Waals surface area (Å²) in [4.78, 5) is 141. The van der Waals surface area contributed by atoms with Crippen LogP contribution in [-0.2, 0) is 65.6 Å². The van der Waals surface area contributed by atoms with Crippen molar-refractivity contribution >= 4 is 65.0 Å². The number of nitrogens with two attached hydrogens (primary N) is 3. The van der Waals surface area contributed by atoms with Crippen molar-refractivity contribution in [1.82, 2.24) is 42.5 Å². The molecule has 27 nitrogen and oxygen atoms in total. The topological polar surface area (TPSA) is 463 Å². The number of hydrogen-bond acceptors (Lipinski definition) is 16. The summed E-state index contributed by atoms with van der Waals surface area (Å²) in [6, 6.07) is 0.722. The maximum absolute atomic E-state index is 13.7. The summed E-state index contributed by atoms with van der Waals surface area (Å²) >= 11 is 0. The molecule has 0 unspecified atom stereocenters. The van der Waals surface area contributed by atoms with Crippen LogP contribution in [0.25, 0.3) is 0 Å². The number of phenolic OH excluding ortho intramolecular Hbond substituents is 1. The van der Waals surface area contributed by atoms with Gasteiger partial charge in [0.2, 0.25) is 59.1 Å². The highest BCUT2D eigenvalue weighted by Crippen LogP contribution is 2.13. The van der Waals surface area contributed by atoms with Gasteiger partial charge >= 0.3 is 5.97 Å². The minimum Gasteiger partial charge on any atom is -0.508 e. The van der Waals surface area contributed by atoms with E-state index in [2.05, 4.69) is 42.5 Å². The maximum Gasteiger partial charge on any atom is 0.326 e. The Morgan fingerprint density at radius 2 is 1.01 bits per heavy atom. The lowest BCUT2D eigenvalue weighted by Crippen LogP contribution is -2.63. The van der Waals surface area contributed by atoms with Gasteiger partial charge in [0.25, 0.3) is 0 Å². The number of nitrogens with one attached hydrogen (secondary N) is 8. The number of hydrogen-bond donors (Lipinski definition) is 16. The molecular formula is C45H65N11O16. The van der Waals surface area contributed by atoms with E-state index in [4.69, 9.17) is 17.2 Å². The van der Waals surface area contributed by atoms with Crippen LogP contribution in [0.3, 0.4) is 0 Å². The van der Waals surface area contributed by atoms with E-state index < -0.39 is 157 Å². The molecule has 19 N–H and O–H groups in total. The van der Waals surface area contributed by atoms with Crippen molar-refractivity contribution in [2.45, 2.75) is 120 Å². The minimum atomic E-state index is -1.87. The van der Waals surface area contributed by atoms with Crippen LogP contribution >= 0.6 is 0 Å². The number of primary amides is 2. The lowest BCUT2D eigenvalue weighted by atomic mass is 10.0. The summed E-state index contributed by atoms with van der Waals surface area (Å²) in [5.74, 6) is -12.6. The molecule has 2 rings (SSSR count). The number of phenols is 1. The van der Waals surface area contributed by atoms with Crippen molar-refractivity contribution in [2.24, 2.45) is 23.1 Å². The fourth-order valence-corrected chi connectivity index (χ4v) is 6.62. The molecule has 0 aliphatic carbocycles. The second-order valence-corrected chi connectivity index (χ2v) is 17.1. The van der Waals surface area contributed by atoms with Gasteiger partial charge in [0.1, 0.15) is 48.0 Å². The lowest BCUT2D eigenvalue weighted by molar-refractivity contribution is -0.143. The highest BCUT2D eigenvalue weighted by atomic mass is 16.4. The van der Waals surface area contributed by atoms with Crippen molar-refractivity contribution in [3.8, 4) is 5.75 Å². The smallest absolute Gasteiger partial charge is 0.326 e. The standard InChI is InChI=1S/C45H65N11O16/c1-21(2)35(42(68)56-36(22(3)58)43(69)52-30(45(71)72)17-24-8-6-5-7-9-24)54-44(70)37(23(4)59)55-41(67)31(20-57)53-40(66)29(16-25-10-12-26(60)13-11-25)50-34(63)19-49-39(65)28(14-15-32(47)61)51-38(64)27(46)18-33(48)62/h5-13,21-23,27-31,35-37,57-60H,14-20,46H2,1-4H3,(H2,47,61)(H2,48,62)(H,49,65)(H,50,63)(H,51,64)(H,52,69)(H,53,66)(H,54,70)(H,55,67)(H,56,68)(H,71,72)/t22-,23-,27+,28+,29+,30+,31+,35+,36+,37+/m1/s1. The van der Waals surface area contributed by atoms with E-state index >= 15 is 0 Å². The zero-order valence-electron chi connectivity index (χ0n) is 40.0. The Bertz CT molecular complexity index is 2230. The first kappa shape index (κ1) is 60.4. The molecule has 0 radical (unpaired) electrons. The zero-order chi connectivity index (χ0) is 54.4. The van der Waals surface area contributed by atoms with Gasteiger partial charge in [-0.1, -0.05) is 56.3 Å². The van der Waals surface area contributed by atoms with Gasteiger partial charge in [0.15, 0.2) is 0 Å². The van der Waals surface area contributed by atoms with Gasteiger partial charge in [0.05, 0.1) is 37.8 Å². The number of aromatic hydroxyl groups is 1. The minimum absolute atomic E-state index is 0.133. The van der Waals surface area contributed by atoms with E-state index in [9.17, 15) is 78.3 Å². The first-order chi connectivity index (χ1) is 33.7. The molecule has 27 heteroatoms. The number of carboxylic acid groups (broad SMARTS) is 1. The summed E-state index contributed by atoms with van der Waals surface area (Å²) < 4.78 is 0. The number of aliphatic hydroxyl groups is 3. The van der Waals surface area contributed by atoms with Crippen molar-refractivity contribution in [3.63, 3.8) is 0 Å². The molecule has 0 bridgehead atoms. The maximum atomic E-state index is 13.7. The Kier molecular flexibility index (Phi) is 24.7. The Labute approximate surface area is 413 Å². The molecule has 0 fully saturated rings. The molecule has 0 spiro atoms. The monoisotopic (exact) mass is 1020 g/mol. The highest BCUT2D eigenvalue weighted by Gasteiger charge is 2.37. The summed E-state index contributed by atoms with van der Waals surface area (Å²) in [7, 11) is 0. The summed E-state index contributed by atoms with van der Waals surface area (Å²) in [6.45, 7) is 3.29. The van der Waals surface area contributed by atoms with Crippen LogP contribution in [0.2, 0.25) is 0 Å². The van der Waals surface area contributed by atoms with Crippen LogP contribution in [0.1, 0.15) is 58.1 Å². The fourth-order valence-electron chi connectivity index (χ4n) is 6.62. The second kappa shape index (κ2) is 29.4. The number of amides is 10. The van der Waals surface area contributed by atoms with Crippen LogP contribution in [0, 0.1) is 5.92 Å². The highest BCUT2D eigenvalue weighted by molar-refractivity contribution is 5.98. The largest absolute Gasteiger partial charge is 0.508 e. The third kappa shape index (κ3) is 20.7. The van der Waals surface area contributed by atoms with Gasteiger partial charge < -0.3 is 85.3 Å². The number of carboxylic acids is 1. The molecule has 2 aromatic rings. The third-order valence-electron chi connectivity index (χ3n) is 10.6. The van der Waals surface area contributed by atoms with E-state index in [0.717, 1.165) is 13.8 Å². The van der Waals surface area contributed by atoms with E-state index in [1.807, 2.05) is 0 Å². The average Bonchev–Trinajstić information content (AvgIpc) is 3.30. The second-order valence-electron chi connectivity index (χ2n) is 17.1. The summed E-state index contributed by atoms with van der Waals surface area (Å²) in [6.07, 6.45) is -5.04. The number of aliphatic hydroxyl groups excluding tert-OH is 3. The predicted octanol–water partition coefficient (Wildman–Crippen LogP) is -6.35. The van der Waals surface area contributed by atoms with E-state index in [1.165, 1.54) is 38.1 Å². The van der Waals surface area contributed by atoms with Crippen LogP contribution in [0.15, 0.2) is 54.6 Å². The molecule has 10 amide bonds. The van der Waals surface area contributed by atoms with Crippen molar-refractivity contribution in [2.75, 3.05) is 13.2 Å². The molecule has 72 heavy (non-hydrogen) atoms. The van der Waals surface area contributed by atoms with Gasteiger partial charge in [-0.05, 0) is 49.4 Å². The molecule has 0 aliphatic rings. The molecule has 0 saturated heterocycles. The molecule has 10 atom stereocenters. The number of carbonyl (C=O) groups excluding carboxylic acids is 10. The first-order valence-corrected chi connectivity index (χ1v) is 22.5. The van der Waals surface area contributed by atoms with Crippen LogP contribution in [0.4, 0.5) is 0 Å². The number of rotatable bonds is 30. The molecule has 2 aromatic carbocycles. The van der Waals surface area contributed by atoms with Crippen LogP contribution in [0.5, 0.6) is 5.75 Å². The number of benzene rings is 2.